The van der Waals surface area contributed by atoms with E-state index in [0.717, 1.165) is 0 Å². The van der Waals surface area contributed by atoms with Crippen LogP contribution in [0.5, 0.6) is 0 Å². The number of ether oxygens (including phenoxy) is 1. The van der Waals surface area contributed by atoms with E-state index in [-0.39, 0.29) is 10.6 Å². The van der Waals surface area contributed by atoms with Crippen molar-refractivity contribution in [1.29, 1.82) is 0 Å². The summed E-state index contributed by atoms with van der Waals surface area (Å²) in [6.07, 6.45) is 0.632. The highest BCUT2D eigenvalue weighted by atomic mass is 35.5. The van der Waals surface area contributed by atoms with Crippen molar-refractivity contribution in [3.05, 3.63) is 46.5 Å². The molecule has 0 saturated carbocycles. The molecule has 1 aromatic carbocycles. The van der Waals surface area contributed by atoms with Crippen LogP contribution in [-0.2, 0) is 9.53 Å². The Kier molecular flexibility index (Phi) is 5.86. The van der Waals surface area contributed by atoms with E-state index < -0.39 is 18.0 Å². The minimum atomic E-state index is -0.901. The van der Waals surface area contributed by atoms with E-state index in [1.807, 2.05) is 0 Å². The van der Waals surface area contributed by atoms with Crippen LogP contribution in [0.15, 0.2) is 30.9 Å². The number of carbonyl (C=O) groups excluding carboxylic acids is 2. The molecule has 0 unspecified atom stereocenters. The van der Waals surface area contributed by atoms with E-state index in [0.29, 0.717) is 11.6 Å². The monoisotopic (exact) mass is 301 g/mol. The van der Waals surface area contributed by atoms with Crippen LogP contribution in [-0.4, -0.2) is 24.5 Å². The molecule has 0 aliphatic heterocycles. The Balaban J connectivity index is 2.65. The van der Waals surface area contributed by atoms with E-state index in [2.05, 4.69) is 11.9 Å². The molecule has 19 heavy (non-hydrogen) atoms. The number of hydrogen-bond acceptors (Lipinski definition) is 3. The highest BCUT2D eigenvalue weighted by Gasteiger charge is 2.18. The fourth-order valence-electron chi connectivity index (χ4n) is 1.22. The summed E-state index contributed by atoms with van der Waals surface area (Å²) in [5.41, 5.74) is 0.234. The molecule has 0 bridgehead atoms. The second-order valence-corrected chi connectivity index (χ2v) is 4.52. The lowest BCUT2D eigenvalue weighted by molar-refractivity contribution is -0.128. The maximum Gasteiger partial charge on any atom is 0.338 e. The Hall–Kier alpha value is -1.52. The van der Waals surface area contributed by atoms with Crippen molar-refractivity contribution in [2.75, 3.05) is 6.54 Å². The quantitative estimate of drug-likeness (QED) is 0.672. The van der Waals surface area contributed by atoms with E-state index in [1.165, 1.54) is 31.2 Å². The molecule has 0 aliphatic rings. The van der Waals surface area contributed by atoms with Crippen LogP contribution in [0, 0.1) is 0 Å². The molecule has 0 heterocycles. The summed E-state index contributed by atoms with van der Waals surface area (Å²) in [6, 6.07) is 4.36. The molecule has 4 nitrogen and oxygen atoms in total. The third-order valence-corrected chi connectivity index (χ3v) is 2.97. The van der Waals surface area contributed by atoms with Gasteiger partial charge in [-0.2, -0.15) is 0 Å². The predicted octanol–water partition coefficient (Wildman–Crippen LogP) is 2.84. The van der Waals surface area contributed by atoms with Crippen molar-refractivity contribution < 1.29 is 14.3 Å². The number of halogens is 2. The van der Waals surface area contributed by atoms with E-state index in [1.54, 1.807) is 0 Å². The number of hydrogen-bond donors (Lipinski definition) is 1. The lowest BCUT2D eigenvalue weighted by Gasteiger charge is -2.12. The topological polar surface area (TPSA) is 55.4 Å². The standard InChI is InChI=1S/C13H13Cl2NO3/c1-3-6-16-12(17)8(2)19-13(18)9-4-5-10(14)11(15)7-9/h3-5,7-8H,1,6H2,2H3,(H,16,17)/t8-/m1/s1. The first kappa shape index (κ1) is 15.5. The molecule has 1 atom stereocenters. The molecule has 0 aromatic heterocycles. The summed E-state index contributed by atoms with van der Waals surface area (Å²) in [5.74, 6) is -1.03. The first-order valence-corrected chi connectivity index (χ1v) is 6.26. The second-order valence-electron chi connectivity index (χ2n) is 3.71. The molecule has 1 N–H and O–H groups in total. The summed E-state index contributed by atoms with van der Waals surface area (Å²) >= 11 is 11.5. The first-order valence-electron chi connectivity index (χ1n) is 5.50. The SMILES string of the molecule is C=CCNC(=O)[C@@H](C)OC(=O)c1ccc(Cl)c(Cl)c1. The Morgan fingerprint density at radius 1 is 1.42 bits per heavy atom. The summed E-state index contributed by atoms with van der Waals surface area (Å²) in [6.45, 7) is 5.26. The van der Waals surface area contributed by atoms with Gasteiger partial charge in [-0.05, 0) is 25.1 Å². The van der Waals surface area contributed by atoms with Gasteiger partial charge in [-0.3, -0.25) is 4.79 Å². The summed E-state index contributed by atoms with van der Waals surface area (Å²) in [7, 11) is 0. The molecule has 0 aliphatic carbocycles. The summed E-state index contributed by atoms with van der Waals surface area (Å²) in [5, 5.41) is 3.12. The fraction of sp³-hybridized carbons (Fsp3) is 0.231. The normalized spacial score (nSPS) is 11.5. The highest BCUT2D eigenvalue weighted by Crippen LogP contribution is 2.23. The van der Waals surface area contributed by atoms with Gasteiger partial charge in [-0.25, -0.2) is 4.79 Å². The molecule has 1 amide bonds. The number of amides is 1. The summed E-state index contributed by atoms with van der Waals surface area (Å²) < 4.78 is 5.00. The third-order valence-electron chi connectivity index (χ3n) is 2.23. The lowest BCUT2D eigenvalue weighted by Crippen LogP contribution is -2.35. The van der Waals surface area contributed by atoms with Gasteiger partial charge >= 0.3 is 5.97 Å². The zero-order valence-corrected chi connectivity index (χ0v) is 11.8. The van der Waals surface area contributed by atoms with Crippen molar-refractivity contribution in [3.8, 4) is 0 Å². The first-order chi connectivity index (χ1) is 8.95. The fourth-order valence-corrected chi connectivity index (χ4v) is 1.52. The average molecular weight is 302 g/mol. The maximum atomic E-state index is 11.8. The molecule has 1 aromatic rings. The molecule has 6 heteroatoms. The van der Waals surface area contributed by atoms with Crippen LogP contribution >= 0.6 is 23.2 Å². The molecular formula is C13H13Cl2NO3. The van der Waals surface area contributed by atoms with E-state index >= 15 is 0 Å². The Morgan fingerprint density at radius 3 is 2.68 bits per heavy atom. The van der Waals surface area contributed by atoms with E-state index in [4.69, 9.17) is 27.9 Å². The molecule has 0 saturated heterocycles. The van der Waals surface area contributed by atoms with Crippen molar-refractivity contribution >= 4 is 35.1 Å². The van der Waals surface area contributed by atoms with Gasteiger partial charge in [0.25, 0.3) is 5.91 Å². The van der Waals surface area contributed by atoms with Gasteiger partial charge in [0.05, 0.1) is 15.6 Å². The average Bonchev–Trinajstić information content (AvgIpc) is 2.38. The van der Waals surface area contributed by atoms with Gasteiger partial charge in [0, 0.05) is 6.54 Å². The Bertz CT molecular complexity index is 503. The number of rotatable bonds is 5. The minimum absolute atomic E-state index is 0.234. The predicted molar refractivity (Wildman–Crippen MR) is 74.5 cm³/mol. The zero-order chi connectivity index (χ0) is 14.4. The minimum Gasteiger partial charge on any atom is -0.449 e. The molecular weight excluding hydrogens is 289 g/mol. The van der Waals surface area contributed by atoms with Crippen LogP contribution < -0.4 is 5.32 Å². The lowest BCUT2D eigenvalue weighted by atomic mass is 10.2. The van der Waals surface area contributed by atoms with Crippen molar-refractivity contribution in [2.24, 2.45) is 0 Å². The van der Waals surface area contributed by atoms with Crippen molar-refractivity contribution in [1.82, 2.24) is 5.32 Å². The number of nitrogens with one attached hydrogen (secondary N) is 1. The van der Waals surface area contributed by atoms with Crippen LogP contribution in [0.25, 0.3) is 0 Å². The highest BCUT2D eigenvalue weighted by molar-refractivity contribution is 6.42. The van der Waals surface area contributed by atoms with Gasteiger partial charge < -0.3 is 10.1 Å². The smallest absolute Gasteiger partial charge is 0.338 e. The van der Waals surface area contributed by atoms with Crippen LogP contribution in [0.3, 0.4) is 0 Å². The molecule has 0 radical (unpaired) electrons. The van der Waals surface area contributed by atoms with Gasteiger partial charge in [0.1, 0.15) is 0 Å². The number of carbonyl (C=O) groups is 2. The van der Waals surface area contributed by atoms with Crippen molar-refractivity contribution in [3.63, 3.8) is 0 Å². The maximum absolute atomic E-state index is 11.8. The molecule has 102 valence electrons. The van der Waals surface area contributed by atoms with Crippen molar-refractivity contribution in [2.45, 2.75) is 13.0 Å². The van der Waals surface area contributed by atoms with E-state index in [9.17, 15) is 9.59 Å². The third kappa shape index (κ3) is 4.58. The van der Waals surface area contributed by atoms with Crippen LogP contribution in [0.1, 0.15) is 17.3 Å². The van der Waals surface area contributed by atoms with Crippen LogP contribution in [0.4, 0.5) is 0 Å². The molecule has 1 rings (SSSR count). The zero-order valence-electron chi connectivity index (χ0n) is 10.3. The number of benzene rings is 1. The van der Waals surface area contributed by atoms with Gasteiger partial charge in [-0.1, -0.05) is 29.3 Å². The van der Waals surface area contributed by atoms with Gasteiger partial charge in [0.2, 0.25) is 0 Å². The summed E-state index contributed by atoms with van der Waals surface area (Å²) in [4.78, 5) is 23.3. The number of esters is 1. The Labute approximate surface area is 121 Å². The molecule has 0 fully saturated rings. The van der Waals surface area contributed by atoms with Crippen LogP contribution in [0.2, 0.25) is 10.0 Å². The largest absolute Gasteiger partial charge is 0.449 e. The van der Waals surface area contributed by atoms with Gasteiger partial charge in [0.15, 0.2) is 6.10 Å². The van der Waals surface area contributed by atoms with Gasteiger partial charge in [-0.15, -0.1) is 6.58 Å². The second kappa shape index (κ2) is 7.16. The Morgan fingerprint density at radius 2 is 2.11 bits per heavy atom. The molecule has 0 spiro atoms.